The van der Waals surface area contributed by atoms with Gasteiger partial charge in [0.15, 0.2) is 5.89 Å². The largest absolute Gasteiger partial charge is 0.449 e. The fourth-order valence-electron chi connectivity index (χ4n) is 2.76. The molecule has 0 bridgehead atoms. The van der Waals surface area contributed by atoms with E-state index in [1.807, 2.05) is 0 Å². The topological polar surface area (TPSA) is 29.3 Å². The summed E-state index contributed by atoms with van der Waals surface area (Å²) in [6.07, 6.45) is 4.60. The van der Waals surface area contributed by atoms with Gasteiger partial charge < -0.3 is 4.42 Å². The Morgan fingerprint density at radius 3 is 2.56 bits per heavy atom. The van der Waals surface area contributed by atoms with Crippen LogP contribution in [0.25, 0.3) is 0 Å². The van der Waals surface area contributed by atoms with Crippen LogP contribution in [0.3, 0.4) is 0 Å². The van der Waals surface area contributed by atoms with Gasteiger partial charge in [0.1, 0.15) is 6.26 Å². The molecule has 1 aromatic rings. The number of rotatable bonds is 3. The van der Waals surface area contributed by atoms with Gasteiger partial charge >= 0.3 is 0 Å². The van der Waals surface area contributed by atoms with Crippen LogP contribution in [0.1, 0.15) is 45.9 Å². The van der Waals surface area contributed by atoms with Crippen LogP contribution in [0, 0.1) is 5.92 Å². The Morgan fingerprint density at radius 1 is 1.38 bits per heavy atom. The minimum atomic E-state index is 0.477. The zero-order valence-corrected chi connectivity index (χ0v) is 10.7. The maximum absolute atomic E-state index is 5.44. The smallest absolute Gasteiger partial charge is 0.198 e. The van der Waals surface area contributed by atoms with E-state index in [-0.39, 0.29) is 0 Å². The molecule has 0 spiro atoms. The lowest BCUT2D eigenvalue weighted by Gasteiger charge is -2.30. The summed E-state index contributed by atoms with van der Waals surface area (Å²) in [5.74, 6) is 2.08. The van der Waals surface area contributed by atoms with Gasteiger partial charge in [0, 0.05) is 24.5 Å². The molecule has 2 atom stereocenters. The van der Waals surface area contributed by atoms with Crippen LogP contribution in [-0.4, -0.2) is 28.5 Å². The van der Waals surface area contributed by atoms with E-state index in [1.165, 1.54) is 6.42 Å². The second kappa shape index (κ2) is 4.58. The standard InChI is InChI=1S/C13H22N2O/c1-9(2)12-7-11(8-15(12)10(3)4)13-14-5-6-16-13/h5-6,9-12H,7-8H2,1-4H3/t11-,12-/m0/s1. The van der Waals surface area contributed by atoms with Gasteiger partial charge in [-0.15, -0.1) is 0 Å². The van der Waals surface area contributed by atoms with Gasteiger partial charge in [-0.1, -0.05) is 13.8 Å². The Balaban J connectivity index is 2.12. The van der Waals surface area contributed by atoms with E-state index < -0.39 is 0 Å². The molecule has 2 rings (SSSR count). The van der Waals surface area contributed by atoms with Crippen LogP contribution < -0.4 is 0 Å². The van der Waals surface area contributed by atoms with Crippen LogP contribution in [0.15, 0.2) is 16.9 Å². The van der Waals surface area contributed by atoms with Gasteiger partial charge in [0.25, 0.3) is 0 Å². The summed E-state index contributed by atoms with van der Waals surface area (Å²) >= 11 is 0. The molecular weight excluding hydrogens is 200 g/mol. The second-order valence-corrected chi connectivity index (χ2v) is 5.40. The highest BCUT2D eigenvalue weighted by molar-refractivity contribution is 5.02. The molecule has 0 saturated carbocycles. The number of aromatic nitrogens is 1. The quantitative estimate of drug-likeness (QED) is 0.787. The molecule has 2 heterocycles. The molecule has 0 amide bonds. The van der Waals surface area contributed by atoms with E-state index in [0.717, 1.165) is 12.4 Å². The van der Waals surface area contributed by atoms with E-state index in [2.05, 4.69) is 37.6 Å². The molecule has 3 nitrogen and oxygen atoms in total. The summed E-state index contributed by atoms with van der Waals surface area (Å²) in [7, 11) is 0. The van der Waals surface area contributed by atoms with Crippen molar-refractivity contribution in [3.63, 3.8) is 0 Å². The van der Waals surface area contributed by atoms with Crippen molar-refractivity contribution in [3.8, 4) is 0 Å². The number of hydrogen-bond acceptors (Lipinski definition) is 3. The van der Waals surface area contributed by atoms with Gasteiger partial charge in [0.05, 0.1) is 6.20 Å². The lowest BCUT2D eigenvalue weighted by molar-refractivity contribution is 0.165. The summed E-state index contributed by atoms with van der Waals surface area (Å²) in [6, 6.07) is 1.27. The van der Waals surface area contributed by atoms with Gasteiger partial charge in [-0.3, -0.25) is 4.90 Å². The third kappa shape index (κ3) is 2.14. The molecule has 0 aromatic carbocycles. The highest BCUT2D eigenvalue weighted by atomic mass is 16.3. The van der Waals surface area contributed by atoms with Crippen molar-refractivity contribution in [1.29, 1.82) is 0 Å². The van der Waals surface area contributed by atoms with Crippen molar-refractivity contribution < 1.29 is 4.42 Å². The minimum Gasteiger partial charge on any atom is -0.449 e. The van der Waals surface area contributed by atoms with E-state index in [9.17, 15) is 0 Å². The first-order valence-electron chi connectivity index (χ1n) is 6.24. The first kappa shape index (κ1) is 11.6. The fourth-order valence-corrected chi connectivity index (χ4v) is 2.76. The molecule has 0 radical (unpaired) electrons. The number of likely N-dealkylation sites (tertiary alicyclic amines) is 1. The number of hydrogen-bond donors (Lipinski definition) is 0. The van der Waals surface area contributed by atoms with Crippen molar-refractivity contribution in [2.75, 3.05) is 6.54 Å². The molecule has 90 valence electrons. The van der Waals surface area contributed by atoms with E-state index in [1.54, 1.807) is 12.5 Å². The maximum Gasteiger partial charge on any atom is 0.198 e. The molecule has 0 unspecified atom stereocenters. The molecule has 1 aliphatic heterocycles. The highest BCUT2D eigenvalue weighted by Gasteiger charge is 2.37. The average Bonchev–Trinajstić information content (AvgIpc) is 2.86. The van der Waals surface area contributed by atoms with Crippen molar-refractivity contribution in [3.05, 3.63) is 18.4 Å². The average molecular weight is 222 g/mol. The highest BCUT2D eigenvalue weighted by Crippen LogP contribution is 2.35. The summed E-state index contributed by atoms with van der Waals surface area (Å²) < 4.78 is 5.44. The van der Waals surface area contributed by atoms with Crippen LogP contribution in [-0.2, 0) is 0 Å². The van der Waals surface area contributed by atoms with Crippen molar-refractivity contribution in [2.45, 2.75) is 52.1 Å². The van der Waals surface area contributed by atoms with Crippen LogP contribution >= 0.6 is 0 Å². The van der Waals surface area contributed by atoms with Gasteiger partial charge in [-0.05, 0) is 26.2 Å². The first-order valence-corrected chi connectivity index (χ1v) is 6.24. The Kier molecular flexibility index (Phi) is 3.33. The monoisotopic (exact) mass is 222 g/mol. The van der Waals surface area contributed by atoms with Crippen molar-refractivity contribution >= 4 is 0 Å². The molecule has 1 fully saturated rings. The second-order valence-electron chi connectivity index (χ2n) is 5.40. The van der Waals surface area contributed by atoms with Gasteiger partial charge in [-0.2, -0.15) is 0 Å². The van der Waals surface area contributed by atoms with E-state index in [0.29, 0.717) is 23.9 Å². The third-order valence-corrected chi connectivity index (χ3v) is 3.62. The third-order valence-electron chi connectivity index (χ3n) is 3.62. The number of oxazole rings is 1. The Bertz CT molecular complexity index is 303. The van der Waals surface area contributed by atoms with Crippen LogP contribution in [0.5, 0.6) is 0 Å². The fraction of sp³-hybridized carbons (Fsp3) is 0.769. The van der Waals surface area contributed by atoms with E-state index in [4.69, 9.17) is 4.42 Å². The molecule has 0 N–H and O–H groups in total. The molecule has 1 saturated heterocycles. The molecule has 1 aliphatic rings. The first-order chi connectivity index (χ1) is 7.59. The summed E-state index contributed by atoms with van der Waals surface area (Å²) in [6.45, 7) is 10.2. The molecular formula is C13H22N2O. The van der Waals surface area contributed by atoms with Gasteiger partial charge in [-0.25, -0.2) is 4.98 Å². The van der Waals surface area contributed by atoms with E-state index >= 15 is 0 Å². The summed E-state index contributed by atoms with van der Waals surface area (Å²) in [5, 5.41) is 0. The normalized spacial score (nSPS) is 27.1. The van der Waals surface area contributed by atoms with Crippen molar-refractivity contribution in [1.82, 2.24) is 9.88 Å². The Hall–Kier alpha value is -0.830. The number of nitrogens with zero attached hydrogens (tertiary/aromatic N) is 2. The SMILES string of the molecule is CC(C)[C@@H]1C[C@H](c2ncco2)CN1C(C)C. The predicted molar refractivity (Wildman–Crippen MR) is 64.3 cm³/mol. The molecule has 0 aliphatic carbocycles. The molecule has 3 heteroatoms. The zero-order chi connectivity index (χ0) is 11.7. The summed E-state index contributed by atoms with van der Waals surface area (Å²) in [5.41, 5.74) is 0. The van der Waals surface area contributed by atoms with Gasteiger partial charge in [0.2, 0.25) is 0 Å². The Morgan fingerprint density at radius 2 is 2.12 bits per heavy atom. The van der Waals surface area contributed by atoms with Crippen LogP contribution in [0.2, 0.25) is 0 Å². The summed E-state index contributed by atoms with van der Waals surface area (Å²) in [4.78, 5) is 6.88. The zero-order valence-electron chi connectivity index (χ0n) is 10.7. The van der Waals surface area contributed by atoms with Crippen molar-refractivity contribution in [2.24, 2.45) is 5.92 Å². The lowest BCUT2D eigenvalue weighted by Crippen LogP contribution is -2.38. The lowest BCUT2D eigenvalue weighted by atomic mass is 9.97. The molecule has 1 aromatic heterocycles. The van der Waals surface area contributed by atoms with Crippen LogP contribution in [0.4, 0.5) is 0 Å². The molecule has 16 heavy (non-hydrogen) atoms. The predicted octanol–water partition coefficient (Wildman–Crippen LogP) is 2.90. The Labute approximate surface area is 97.8 Å². The maximum atomic E-state index is 5.44. The minimum absolute atomic E-state index is 0.477.